The molecule has 0 bridgehead atoms. The molecule has 3 aromatic heterocycles. The molecular formula is C26H27F3N6O3. The molecule has 0 spiro atoms. The molecule has 4 rings (SSSR count). The molecule has 2 N–H and O–H groups in total. The quantitative estimate of drug-likeness (QED) is 0.324. The summed E-state index contributed by atoms with van der Waals surface area (Å²) in [6, 6.07) is 8.25. The zero-order valence-corrected chi connectivity index (χ0v) is 20.8. The largest absolute Gasteiger partial charge is 0.392 e. The van der Waals surface area contributed by atoms with E-state index in [0.717, 1.165) is 16.7 Å². The van der Waals surface area contributed by atoms with E-state index in [1.165, 1.54) is 4.68 Å². The van der Waals surface area contributed by atoms with Gasteiger partial charge in [-0.25, -0.2) is 9.50 Å². The summed E-state index contributed by atoms with van der Waals surface area (Å²) >= 11 is 0. The van der Waals surface area contributed by atoms with Crippen molar-refractivity contribution in [2.75, 3.05) is 6.54 Å². The maximum absolute atomic E-state index is 12.4. The number of rotatable bonds is 10. The second kappa shape index (κ2) is 11.1. The molecule has 0 aliphatic heterocycles. The third-order valence-electron chi connectivity index (χ3n) is 5.96. The summed E-state index contributed by atoms with van der Waals surface area (Å²) in [5.74, 6) is -0.744. The number of Topliss-reactive ketones (excluding diaryl/α,β-unsaturated/α-hetero) is 1. The van der Waals surface area contributed by atoms with Crippen LogP contribution in [0.2, 0.25) is 0 Å². The van der Waals surface area contributed by atoms with Gasteiger partial charge in [-0.05, 0) is 31.5 Å². The van der Waals surface area contributed by atoms with Crippen molar-refractivity contribution in [2.24, 2.45) is 0 Å². The first-order valence-corrected chi connectivity index (χ1v) is 12.0. The first kappa shape index (κ1) is 27.0. The normalized spacial score (nSPS) is 13.4. The van der Waals surface area contributed by atoms with Crippen LogP contribution < -0.4 is 5.32 Å². The SMILES string of the molecule is CC(O)CNC(=O)C(C)n1cc(-c2cnn3c(-c4cccc(CC(=O)CCC(F)(F)F)c4)cnc3c2)cn1. The number of benzene rings is 1. The fraction of sp³-hybridized carbons (Fsp3) is 0.346. The summed E-state index contributed by atoms with van der Waals surface area (Å²) in [4.78, 5) is 28.7. The Bertz CT molecular complexity index is 1440. The number of hydrogen-bond donors (Lipinski definition) is 2. The smallest absolute Gasteiger partial charge is 0.389 e. The molecule has 1 amide bonds. The number of aromatic nitrogens is 5. The van der Waals surface area contributed by atoms with E-state index >= 15 is 0 Å². The number of carbonyl (C=O) groups is 2. The van der Waals surface area contributed by atoms with E-state index in [1.54, 1.807) is 61.3 Å². The first-order chi connectivity index (χ1) is 18.0. The molecule has 0 aliphatic carbocycles. The molecule has 0 saturated carbocycles. The Hall–Kier alpha value is -4.06. The zero-order valence-electron chi connectivity index (χ0n) is 20.8. The second-order valence-corrected chi connectivity index (χ2v) is 9.17. The summed E-state index contributed by atoms with van der Waals surface area (Å²) in [6.45, 7) is 3.44. The molecule has 0 aliphatic rings. The second-order valence-electron chi connectivity index (χ2n) is 9.17. The van der Waals surface area contributed by atoms with Crippen LogP contribution in [0.15, 0.2) is 55.1 Å². The molecule has 0 fully saturated rings. The van der Waals surface area contributed by atoms with Gasteiger partial charge in [0, 0.05) is 42.3 Å². The van der Waals surface area contributed by atoms with Gasteiger partial charge in [-0.2, -0.15) is 23.4 Å². The monoisotopic (exact) mass is 528 g/mol. The molecule has 9 nitrogen and oxygen atoms in total. The minimum atomic E-state index is -4.36. The fourth-order valence-electron chi connectivity index (χ4n) is 3.88. The van der Waals surface area contributed by atoms with Crippen molar-refractivity contribution in [1.29, 1.82) is 0 Å². The van der Waals surface area contributed by atoms with Gasteiger partial charge in [0.2, 0.25) is 5.91 Å². The Kier molecular flexibility index (Phi) is 7.91. The van der Waals surface area contributed by atoms with E-state index in [2.05, 4.69) is 20.5 Å². The molecule has 0 radical (unpaired) electrons. The van der Waals surface area contributed by atoms with Crippen molar-refractivity contribution in [3.8, 4) is 22.4 Å². The lowest BCUT2D eigenvalue weighted by molar-refractivity contribution is -0.143. The number of fused-ring (bicyclic) bond motifs is 1. The van der Waals surface area contributed by atoms with E-state index < -0.39 is 36.9 Å². The van der Waals surface area contributed by atoms with Crippen molar-refractivity contribution in [1.82, 2.24) is 29.7 Å². The van der Waals surface area contributed by atoms with Gasteiger partial charge in [-0.15, -0.1) is 0 Å². The third kappa shape index (κ3) is 6.62. The minimum Gasteiger partial charge on any atom is -0.392 e. The predicted octanol–water partition coefficient (Wildman–Crippen LogP) is 3.77. The van der Waals surface area contributed by atoms with Crippen LogP contribution in [-0.2, 0) is 16.0 Å². The average Bonchev–Trinajstić information content (AvgIpc) is 3.52. The highest BCUT2D eigenvalue weighted by molar-refractivity contribution is 5.81. The highest BCUT2D eigenvalue weighted by Crippen LogP contribution is 2.26. The number of halogens is 3. The Morgan fingerprint density at radius 3 is 2.55 bits per heavy atom. The molecule has 2 unspecified atom stereocenters. The van der Waals surface area contributed by atoms with Crippen LogP contribution in [0.4, 0.5) is 13.2 Å². The van der Waals surface area contributed by atoms with Crippen LogP contribution in [0.5, 0.6) is 0 Å². The molecule has 4 aromatic rings. The number of imidazole rings is 1. The minimum absolute atomic E-state index is 0.0856. The summed E-state index contributed by atoms with van der Waals surface area (Å²) in [5.41, 5.74) is 4.03. The molecular weight excluding hydrogens is 501 g/mol. The van der Waals surface area contributed by atoms with Crippen LogP contribution in [0.1, 0.15) is 38.3 Å². The predicted molar refractivity (Wildman–Crippen MR) is 133 cm³/mol. The van der Waals surface area contributed by atoms with Gasteiger partial charge in [-0.3, -0.25) is 14.3 Å². The van der Waals surface area contributed by atoms with Gasteiger partial charge in [0.15, 0.2) is 5.65 Å². The van der Waals surface area contributed by atoms with Crippen LogP contribution in [0.3, 0.4) is 0 Å². The lowest BCUT2D eigenvalue weighted by Crippen LogP contribution is -2.35. The molecule has 200 valence electrons. The molecule has 3 heterocycles. The van der Waals surface area contributed by atoms with Gasteiger partial charge in [-0.1, -0.05) is 18.2 Å². The topological polar surface area (TPSA) is 114 Å². The number of aliphatic hydroxyl groups is 1. The zero-order chi connectivity index (χ0) is 27.4. The van der Waals surface area contributed by atoms with Crippen molar-refractivity contribution in [2.45, 2.75) is 51.4 Å². The van der Waals surface area contributed by atoms with Gasteiger partial charge in [0.1, 0.15) is 11.8 Å². The van der Waals surface area contributed by atoms with E-state index in [4.69, 9.17) is 0 Å². The van der Waals surface area contributed by atoms with E-state index in [0.29, 0.717) is 16.9 Å². The maximum atomic E-state index is 12.4. The standard InChI is InChI=1S/C26H27F3N6O3/c1-16(36)11-31-25(38)17(2)34-15-21(13-32-34)20-10-24-30-14-23(35(24)33-12-20)19-5-3-4-18(8-19)9-22(37)6-7-26(27,28)29/h3-5,8,10,12-17,36H,6-7,9,11H2,1-2H3,(H,31,38). The van der Waals surface area contributed by atoms with Crippen LogP contribution in [-0.4, -0.2) is 60.0 Å². The van der Waals surface area contributed by atoms with Crippen molar-refractivity contribution in [3.05, 3.63) is 60.7 Å². The van der Waals surface area contributed by atoms with Crippen LogP contribution in [0, 0.1) is 0 Å². The maximum Gasteiger partial charge on any atom is 0.389 e. The number of hydrogen-bond acceptors (Lipinski definition) is 6. The van der Waals surface area contributed by atoms with Crippen molar-refractivity contribution in [3.63, 3.8) is 0 Å². The number of nitrogens with one attached hydrogen (secondary N) is 1. The van der Waals surface area contributed by atoms with Gasteiger partial charge in [0.05, 0.1) is 36.8 Å². The van der Waals surface area contributed by atoms with Crippen molar-refractivity contribution >= 4 is 17.3 Å². The van der Waals surface area contributed by atoms with Gasteiger partial charge >= 0.3 is 6.18 Å². The molecule has 0 saturated heterocycles. The number of alkyl halides is 3. The lowest BCUT2D eigenvalue weighted by atomic mass is 10.0. The summed E-state index contributed by atoms with van der Waals surface area (Å²) in [7, 11) is 0. The fourth-order valence-corrected chi connectivity index (χ4v) is 3.88. The Morgan fingerprint density at radius 2 is 1.82 bits per heavy atom. The van der Waals surface area contributed by atoms with E-state index in [9.17, 15) is 27.9 Å². The van der Waals surface area contributed by atoms with Gasteiger partial charge < -0.3 is 10.4 Å². The summed E-state index contributed by atoms with van der Waals surface area (Å²) in [5, 5.41) is 20.8. The summed E-state index contributed by atoms with van der Waals surface area (Å²) in [6.07, 6.45) is -0.144. The average molecular weight is 529 g/mol. The third-order valence-corrected chi connectivity index (χ3v) is 5.96. The van der Waals surface area contributed by atoms with Crippen LogP contribution in [0.25, 0.3) is 28.0 Å². The van der Waals surface area contributed by atoms with Gasteiger partial charge in [0.25, 0.3) is 0 Å². The summed E-state index contributed by atoms with van der Waals surface area (Å²) < 4.78 is 40.4. The highest BCUT2D eigenvalue weighted by Gasteiger charge is 2.27. The van der Waals surface area contributed by atoms with E-state index in [1.807, 2.05) is 12.1 Å². The Morgan fingerprint density at radius 1 is 1.05 bits per heavy atom. The number of aliphatic hydroxyl groups excluding tert-OH is 1. The van der Waals surface area contributed by atoms with Crippen molar-refractivity contribution < 1.29 is 27.9 Å². The van der Waals surface area contributed by atoms with E-state index in [-0.39, 0.29) is 18.9 Å². The molecule has 12 heteroatoms. The number of amides is 1. The van der Waals surface area contributed by atoms with Crippen LogP contribution >= 0.6 is 0 Å². The Labute approximate surface area is 216 Å². The first-order valence-electron chi connectivity index (χ1n) is 12.0. The lowest BCUT2D eigenvalue weighted by Gasteiger charge is -2.13. The molecule has 2 atom stereocenters. The Balaban J connectivity index is 1.50. The molecule has 1 aromatic carbocycles. The highest BCUT2D eigenvalue weighted by atomic mass is 19.4. The number of nitrogens with zero attached hydrogens (tertiary/aromatic N) is 5. The molecule has 38 heavy (non-hydrogen) atoms. The number of ketones is 1. The number of carbonyl (C=O) groups excluding carboxylic acids is 2.